The van der Waals surface area contributed by atoms with Crippen molar-refractivity contribution in [2.24, 2.45) is 0 Å². The molecule has 2 nitrogen and oxygen atoms in total. The largest absolute Gasteiger partial charge is 0.378 e. The Bertz CT molecular complexity index is 875. The molecule has 0 spiro atoms. The van der Waals surface area contributed by atoms with Gasteiger partial charge in [0.1, 0.15) is 5.60 Å². The lowest BCUT2D eigenvalue weighted by Crippen LogP contribution is -2.25. The highest BCUT2D eigenvalue weighted by molar-refractivity contribution is 5.63. The number of hydrogen-bond acceptors (Lipinski definition) is 2. The Morgan fingerprint density at radius 3 is 2.60 bits per heavy atom. The van der Waals surface area contributed by atoms with E-state index in [9.17, 15) is 5.11 Å². The minimum absolute atomic E-state index is 0.812. The maximum absolute atomic E-state index is 9.97. The Morgan fingerprint density at radius 2 is 1.88 bits per heavy atom. The predicted molar refractivity (Wildman–Crippen MR) is 104 cm³/mol. The first-order valence-electron chi connectivity index (χ1n) is 8.68. The van der Waals surface area contributed by atoms with Crippen molar-refractivity contribution in [1.29, 1.82) is 0 Å². The molecular formula is C23H25NO. The van der Waals surface area contributed by atoms with E-state index in [0.29, 0.717) is 0 Å². The summed E-state index contributed by atoms with van der Waals surface area (Å²) in [6.45, 7) is 9.35. The Balaban J connectivity index is 1.97. The highest BCUT2D eigenvalue weighted by atomic mass is 16.3. The van der Waals surface area contributed by atoms with E-state index in [0.717, 1.165) is 18.8 Å². The van der Waals surface area contributed by atoms with Gasteiger partial charge in [0.15, 0.2) is 0 Å². The molecule has 1 aliphatic heterocycles. The van der Waals surface area contributed by atoms with Crippen LogP contribution >= 0.6 is 0 Å². The van der Waals surface area contributed by atoms with Crippen molar-refractivity contribution in [2.45, 2.75) is 46.4 Å². The van der Waals surface area contributed by atoms with Crippen molar-refractivity contribution < 1.29 is 5.11 Å². The summed E-state index contributed by atoms with van der Waals surface area (Å²) in [6, 6.07) is 15.0. The summed E-state index contributed by atoms with van der Waals surface area (Å²) in [5, 5.41) is 9.97. The molecule has 2 aromatic carbocycles. The first-order valence-corrected chi connectivity index (χ1v) is 8.68. The molecule has 0 bridgehead atoms. The Labute approximate surface area is 150 Å². The molecule has 0 atom stereocenters. The van der Waals surface area contributed by atoms with Crippen molar-refractivity contribution in [3.63, 3.8) is 0 Å². The lowest BCUT2D eigenvalue weighted by molar-refractivity contribution is 0.143. The van der Waals surface area contributed by atoms with Crippen LogP contribution < -0.4 is 0 Å². The third-order valence-electron chi connectivity index (χ3n) is 4.40. The van der Waals surface area contributed by atoms with Gasteiger partial charge in [-0.3, -0.25) is 0 Å². The standard InChI is InChI=1S/C23H25NO/c1-17-9-10-20(18(2)13-17)15-24-16-21-8-6-5-7-19(21)14-22(24)11-12-23(3,4)25/h5-10,13-14,25H,15-16H2,1-4H3. The van der Waals surface area contributed by atoms with E-state index in [1.165, 1.54) is 27.8 Å². The maximum atomic E-state index is 9.97. The van der Waals surface area contributed by atoms with Crippen LogP contribution in [0, 0.1) is 25.7 Å². The normalized spacial score (nSPS) is 13.6. The van der Waals surface area contributed by atoms with Gasteiger partial charge in [0.25, 0.3) is 0 Å². The van der Waals surface area contributed by atoms with Gasteiger partial charge in [-0.15, -0.1) is 0 Å². The average molecular weight is 331 g/mol. The van der Waals surface area contributed by atoms with Gasteiger partial charge in [-0.1, -0.05) is 53.9 Å². The van der Waals surface area contributed by atoms with Crippen molar-refractivity contribution in [3.05, 3.63) is 76.0 Å². The zero-order valence-electron chi connectivity index (χ0n) is 15.4. The van der Waals surface area contributed by atoms with E-state index in [2.05, 4.69) is 79.1 Å². The van der Waals surface area contributed by atoms with Crippen LogP contribution in [-0.4, -0.2) is 15.6 Å². The second kappa shape index (κ2) is 6.78. The molecular weight excluding hydrogens is 306 g/mol. The number of allylic oxidation sites excluding steroid dienone is 1. The third-order valence-corrected chi connectivity index (χ3v) is 4.40. The van der Waals surface area contributed by atoms with Gasteiger partial charge < -0.3 is 10.0 Å². The number of nitrogens with zero attached hydrogens (tertiary/aromatic N) is 1. The second-order valence-corrected chi connectivity index (χ2v) is 7.32. The molecule has 0 unspecified atom stereocenters. The van der Waals surface area contributed by atoms with E-state index in [1.807, 2.05) is 0 Å². The van der Waals surface area contributed by atoms with Crippen LogP contribution in [0.1, 0.15) is 41.7 Å². The van der Waals surface area contributed by atoms with Crippen molar-refractivity contribution in [1.82, 2.24) is 4.90 Å². The molecule has 3 rings (SSSR count). The number of rotatable bonds is 2. The SMILES string of the molecule is Cc1ccc(CN2Cc3ccccc3C=C2C#CC(C)(C)O)c(C)c1. The number of fused-ring (bicyclic) bond motifs is 1. The van der Waals surface area contributed by atoms with Crippen LogP contribution in [0.4, 0.5) is 0 Å². The van der Waals surface area contributed by atoms with Gasteiger partial charge in [0.05, 0.1) is 5.70 Å². The first-order chi connectivity index (χ1) is 11.8. The van der Waals surface area contributed by atoms with E-state index >= 15 is 0 Å². The summed E-state index contributed by atoms with van der Waals surface area (Å²) in [4.78, 5) is 2.29. The Hall–Kier alpha value is -2.50. The molecule has 25 heavy (non-hydrogen) atoms. The molecule has 0 saturated carbocycles. The lowest BCUT2D eigenvalue weighted by atomic mass is 9.99. The summed E-state index contributed by atoms with van der Waals surface area (Å²) in [5.41, 5.74) is 6.36. The summed E-state index contributed by atoms with van der Waals surface area (Å²) in [7, 11) is 0. The van der Waals surface area contributed by atoms with Crippen molar-refractivity contribution in [2.75, 3.05) is 0 Å². The number of aliphatic hydroxyl groups is 1. The third kappa shape index (κ3) is 4.32. The van der Waals surface area contributed by atoms with Crippen molar-refractivity contribution in [3.8, 4) is 11.8 Å². The summed E-state index contributed by atoms with van der Waals surface area (Å²) >= 11 is 0. The lowest BCUT2D eigenvalue weighted by Gasteiger charge is -2.30. The molecule has 1 aliphatic rings. The Morgan fingerprint density at radius 1 is 1.12 bits per heavy atom. The minimum atomic E-state index is -0.997. The summed E-state index contributed by atoms with van der Waals surface area (Å²) in [5.74, 6) is 6.15. The Kier molecular flexibility index (Phi) is 4.70. The van der Waals surface area contributed by atoms with Gasteiger partial charge in [0, 0.05) is 13.1 Å². The number of benzene rings is 2. The highest BCUT2D eigenvalue weighted by Crippen LogP contribution is 2.27. The highest BCUT2D eigenvalue weighted by Gasteiger charge is 2.18. The fourth-order valence-electron chi connectivity index (χ4n) is 3.05. The zero-order valence-corrected chi connectivity index (χ0v) is 15.4. The molecule has 0 aromatic heterocycles. The summed E-state index contributed by atoms with van der Waals surface area (Å²) < 4.78 is 0. The van der Waals surface area contributed by atoms with Crippen LogP contribution in [0.15, 0.2) is 48.2 Å². The van der Waals surface area contributed by atoms with Crippen LogP contribution in [-0.2, 0) is 13.1 Å². The second-order valence-electron chi connectivity index (χ2n) is 7.32. The average Bonchev–Trinajstić information content (AvgIpc) is 2.54. The molecule has 0 fully saturated rings. The molecule has 0 amide bonds. The maximum Gasteiger partial charge on any atom is 0.120 e. The zero-order chi connectivity index (χ0) is 18.0. The first kappa shape index (κ1) is 17.3. The van der Waals surface area contributed by atoms with Gasteiger partial charge in [-0.05, 0) is 61.9 Å². The molecule has 1 N–H and O–H groups in total. The molecule has 0 saturated heterocycles. The van der Waals surface area contributed by atoms with Crippen LogP contribution in [0.25, 0.3) is 6.08 Å². The van der Waals surface area contributed by atoms with E-state index in [4.69, 9.17) is 0 Å². The summed E-state index contributed by atoms with van der Waals surface area (Å²) in [6.07, 6.45) is 2.13. The van der Waals surface area contributed by atoms with Gasteiger partial charge >= 0.3 is 0 Å². The molecule has 0 aliphatic carbocycles. The van der Waals surface area contributed by atoms with Crippen LogP contribution in [0.3, 0.4) is 0 Å². The predicted octanol–water partition coefficient (Wildman–Crippen LogP) is 4.43. The fourth-order valence-corrected chi connectivity index (χ4v) is 3.05. The van der Waals surface area contributed by atoms with Gasteiger partial charge in [-0.25, -0.2) is 0 Å². The molecule has 0 radical (unpaired) electrons. The molecule has 1 heterocycles. The van der Waals surface area contributed by atoms with E-state index < -0.39 is 5.60 Å². The number of aryl methyl sites for hydroxylation is 2. The minimum Gasteiger partial charge on any atom is -0.378 e. The fraction of sp³-hybridized carbons (Fsp3) is 0.304. The van der Waals surface area contributed by atoms with E-state index in [1.54, 1.807) is 13.8 Å². The van der Waals surface area contributed by atoms with Crippen LogP contribution in [0.5, 0.6) is 0 Å². The van der Waals surface area contributed by atoms with Crippen LogP contribution in [0.2, 0.25) is 0 Å². The number of hydrogen-bond donors (Lipinski definition) is 1. The molecule has 2 heteroatoms. The monoisotopic (exact) mass is 331 g/mol. The van der Waals surface area contributed by atoms with Gasteiger partial charge in [0.2, 0.25) is 0 Å². The molecule has 128 valence electrons. The topological polar surface area (TPSA) is 23.5 Å². The smallest absolute Gasteiger partial charge is 0.120 e. The van der Waals surface area contributed by atoms with E-state index in [-0.39, 0.29) is 0 Å². The van der Waals surface area contributed by atoms with Crippen molar-refractivity contribution >= 4 is 6.08 Å². The molecule has 2 aromatic rings. The quantitative estimate of drug-likeness (QED) is 0.823. The van der Waals surface area contributed by atoms with Gasteiger partial charge in [-0.2, -0.15) is 0 Å².